The highest BCUT2D eigenvalue weighted by Gasteiger charge is 2.29. The van der Waals surface area contributed by atoms with Crippen molar-refractivity contribution in [1.29, 1.82) is 0 Å². The van der Waals surface area contributed by atoms with Crippen LogP contribution in [0.1, 0.15) is 12.8 Å². The van der Waals surface area contributed by atoms with Crippen LogP contribution in [0.2, 0.25) is 0 Å². The molecule has 0 spiro atoms. The van der Waals surface area contributed by atoms with E-state index in [2.05, 4.69) is 5.32 Å². The van der Waals surface area contributed by atoms with Crippen molar-refractivity contribution in [2.45, 2.75) is 12.8 Å². The van der Waals surface area contributed by atoms with Crippen molar-refractivity contribution >= 4 is 11.6 Å². The Labute approximate surface area is 79.9 Å². The van der Waals surface area contributed by atoms with Crippen molar-refractivity contribution < 1.29 is 13.6 Å². The zero-order chi connectivity index (χ0) is 10.1. The average molecular weight is 197 g/mol. The second kappa shape index (κ2) is 3.36. The molecule has 1 amide bonds. The van der Waals surface area contributed by atoms with Crippen LogP contribution < -0.4 is 5.32 Å². The molecule has 0 bridgehead atoms. The molecule has 1 aromatic rings. The smallest absolute Gasteiger partial charge is 0.227 e. The lowest BCUT2D eigenvalue weighted by Gasteiger charge is -2.03. The maximum atomic E-state index is 12.7. The van der Waals surface area contributed by atoms with Crippen LogP contribution in [0.3, 0.4) is 0 Å². The highest BCUT2D eigenvalue weighted by Crippen LogP contribution is 2.30. The summed E-state index contributed by atoms with van der Waals surface area (Å²) in [5, 5.41) is 2.53. The quantitative estimate of drug-likeness (QED) is 0.774. The highest BCUT2D eigenvalue weighted by molar-refractivity contribution is 5.93. The van der Waals surface area contributed by atoms with E-state index in [1.807, 2.05) is 0 Å². The number of carbonyl (C=O) groups is 1. The fraction of sp³-hybridized carbons (Fsp3) is 0.300. The fourth-order valence-corrected chi connectivity index (χ4v) is 1.16. The third-order valence-electron chi connectivity index (χ3n) is 2.14. The van der Waals surface area contributed by atoms with Gasteiger partial charge in [-0.3, -0.25) is 4.79 Å². The van der Waals surface area contributed by atoms with Crippen molar-refractivity contribution in [2.24, 2.45) is 5.92 Å². The van der Waals surface area contributed by atoms with Gasteiger partial charge < -0.3 is 5.32 Å². The molecule has 0 heterocycles. The lowest BCUT2D eigenvalue weighted by atomic mass is 10.3. The first kappa shape index (κ1) is 9.12. The van der Waals surface area contributed by atoms with Gasteiger partial charge in [-0.2, -0.15) is 0 Å². The van der Waals surface area contributed by atoms with E-state index in [1.54, 1.807) is 0 Å². The molecule has 2 nitrogen and oxygen atoms in total. The van der Waals surface area contributed by atoms with Crippen LogP contribution in [-0.4, -0.2) is 5.91 Å². The molecule has 0 aromatic heterocycles. The van der Waals surface area contributed by atoms with Crippen molar-refractivity contribution in [2.75, 3.05) is 5.32 Å². The monoisotopic (exact) mass is 197 g/mol. The summed E-state index contributed by atoms with van der Waals surface area (Å²) >= 11 is 0. The van der Waals surface area contributed by atoms with Gasteiger partial charge in [0.05, 0.1) is 0 Å². The van der Waals surface area contributed by atoms with Crippen LogP contribution >= 0.6 is 0 Å². The Bertz CT molecular complexity index is 374. The predicted octanol–water partition coefficient (Wildman–Crippen LogP) is 2.31. The molecule has 0 saturated heterocycles. The Morgan fingerprint density at radius 1 is 1.29 bits per heavy atom. The van der Waals surface area contributed by atoms with Crippen molar-refractivity contribution in [1.82, 2.24) is 0 Å². The van der Waals surface area contributed by atoms with Crippen LogP contribution in [0.15, 0.2) is 18.2 Å². The lowest BCUT2D eigenvalue weighted by molar-refractivity contribution is -0.117. The molecular formula is C10H9F2NO. The van der Waals surface area contributed by atoms with Crippen LogP contribution in [-0.2, 0) is 4.79 Å². The zero-order valence-electron chi connectivity index (χ0n) is 7.39. The predicted molar refractivity (Wildman–Crippen MR) is 47.7 cm³/mol. The minimum Gasteiger partial charge on any atom is -0.326 e. The molecule has 1 aromatic carbocycles. The SMILES string of the molecule is O=C(Nc1ccc(F)c(F)c1)C1CC1. The zero-order valence-corrected chi connectivity index (χ0v) is 7.39. The molecule has 1 fully saturated rings. The first-order chi connectivity index (χ1) is 6.66. The summed E-state index contributed by atoms with van der Waals surface area (Å²) in [4.78, 5) is 11.2. The Balaban J connectivity index is 2.08. The number of hydrogen-bond acceptors (Lipinski definition) is 1. The van der Waals surface area contributed by atoms with Gasteiger partial charge in [-0.1, -0.05) is 0 Å². The molecule has 2 rings (SSSR count). The number of benzene rings is 1. The highest BCUT2D eigenvalue weighted by atomic mass is 19.2. The van der Waals surface area contributed by atoms with Crippen LogP contribution in [0.25, 0.3) is 0 Å². The van der Waals surface area contributed by atoms with Gasteiger partial charge in [-0.25, -0.2) is 8.78 Å². The van der Waals surface area contributed by atoms with Crippen molar-refractivity contribution in [3.8, 4) is 0 Å². The van der Waals surface area contributed by atoms with E-state index in [0.29, 0.717) is 5.69 Å². The summed E-state index contributed by atoms with van der Waals surface area (Å²) in [6, 6.07) is 3.33. The first-order valence-electron chi connectivity index (χ1n) is 4.43. The number of hydrogen-bond donors (Lipinski definition) is 1. The van der Waals surface area contributed by atoms with E-state index in [9.17, 15) is 13.6 Å². The van der Waals surface area contributed by atoms with E-state index >= 15 is 0 Å². The van der Waals surface area contributed by atoms with E-state index in [0.717, 1.165) is 25.0 Å². The van der Waals surface area contributed by atoms with Gasteiger partial charge in [0.15, 0.2) is 11.6 Å². The minimum atomic E-state index is -0.946. The van der Waals surface area contributed by atoms with Crippen molar-refractivity contribution in [3.05, 3.63) is 29.8 Å². The van der Waals surface area contributed by atoms with Crippen LogP contribution in [0, 0.1) is 17.6 Å². The Hall–Kier alpha value is -1.45. The fourth-order valence-electron chi connectivity index (χ4n) is 1.16. The maximum absolute atomic E-state index is 12.7. The van der Waals surface area contributed by atoms with Crippen LogP contribution in [0.4, 0.5) is 14.5 Å². The first-order valence-corrected chi connectivity index (χ1v) is 4.43. The molecule has 74 valence electrons. The van der Waals surface area contributed by atoms with Gasteiger partial charge in [0.1, 0.15) is 0 Å². The third-order valence-corrected chi connectivity index (χ3v) is 2.14. The molecule has 1 N–H and O–H groups in total. The second-order valence-corrected chi connectivity index (χ2v) is 3.39. The Morgan fingerprint density at radius 2 is 2.00 bits per heavy atom. The number of amides is 1. The summed E-state index contributed by atoms with van der Waals surface area (Å²) < 4.78 is 25.2. The molecule has 14 heavy (non-hydrogen) atoms. The number of halogens is 2. The molecule has 0 unspecified atom stereocenters. The second-order valence-electron chi connectivity index (χ2n) is 3.39. The van der Waals surface area contributed by atoms with Gasteiger partial charge >= 0.3 is 0 Å². The normalized spacial score (nSPS) is 15.3. The minimum absolute atomic E-state index is 0.0584. The molecular weight excluding hydrogens is 188 g/mol. The topological polar surface area (TPSA) is 29.1 Å². The Kier molecular flexibility index (Phi) is 2.19. The van der Waals surface area contributed by atoms with Gasteiger partial charge in [0.2, 0.25) is 5.91 Å². The van der Waals surface area contributed by atoms with E-state index < -0.39 is 11.6 Å². The number of nitrogens with one attached hydrogen (secondary N) is 1. The molecule has 0 radical (unpaired) electrons. The third kappa shape index (κ3) is 1.89. The number of carbonyl (C=O) groups excluding carboxylic acids is 1. The molecule has 1 aliphatic carbocycles. The summed E-state index contributed by atoms with van der Waals surface area (Å²) in [5.74, 6) is -1.91. The summed E-state index contributed by atoms with van der Waals surface area (Å²) in [6.07, 6.45) is 1.77. The lowest BCUT2D eigenvalue weighted by Crippen LogP contribution is -2.13. The van der Waals surface area contributed by atoms with Gasteiger partial charge in [-0.05, 0) is 25.0 Å². The summed E-state index contributed by atoms with van der Waals surface area (Å²) in [7, 11) is 0. The summed E-state index contributed by atoms with van der Waals surface area (Å²) in [5.41, 5.74) is 0.306. The van der Waals surface area contributed by atoms with Crippen LogP contribution in [0.5, 0.6) is 0 Å². The van der Waals surface area contributed by atoms with Gasteiger partial charge in [0.25, 0.3) is 0 Å². The van der Waals surface area contributed by atoms with Gasteiger partial charge in [-0.15, -0.1) is 0 Å². The van der Waals surface area contributed by atoms with E-state index in [4.69, 9.17) is 0 Å². The average Bonchev–Trinajstić information content (AvgIpc) is 2.94. The standard InChI is InChI=1S/C10H9F2NO/c11-8-4-3-7(5-9(8)12)13-10(14)6-1-2-6/h3-6H,1-2H2,(H,13,14). The largest absolute Gasteiger partial charge is 0.326 e. The van der Waals surface area contributed by atoms with E-state index in [-0.39, 0.29) is 11.8 Å². The maximum Gasteiger partial charge on any atom is 0.227 e. The summed E-state index contributed by atoms with van der Waals surface area (Å²) in [6.45, 7) is 0. The molecule has 0 aliphatic heterocycles. The van der Waals surface area contributed by atoms with E-state index in [1.165, 1.54) is 6.07 Å². The Morgan fingerprint density at radius 3 is 2.57 bits per heavy atom. The molecule has 1 aliphatic rings. The number of anilines is 1. The van der Waals surface area contributed by atoms with Crippen molar-refractivity contribution in [3.63, 3.8) is 0 Å². The number of rotatable bonds is 2. The van der Waals surface area contributed by atoms with Gasteiger partial charge in [0, 0.05) is 17.7 Å². The molecule has 0 atom stereocenters. The molecule has 4 heteroatoms. The molecule has 1 saturated carbocycles.